The average Bonchev–Trinajstić information content (AvgIpc) is 2.83. The molecule has 204 valence electrons. The molecule has 0 aliphatic rings. The van der Waals surface area contributed by atoms with Crippen LogP contribution in [0.4, 0.5) is 14.5 Å². The molecule has 0 saturated carbocycles. The quantitative estimate of drug-likeness (QED) is 0.380. The Morgan fingerprint density at radius 3 is 2.22 bits per heavy atom. The van der Waals surface area contributed by atoms with Gasteiger partial charge in [0.05, 0.1) is 11.9 Å². The summed E-state index contributed by atoms with van der Waals surface area (Å²) in [7, 11) is -3.83. The molecule has 2 aromatic carbocycles. The summed E-state index contributed by atoms with van der Waals surface area (Å²) in [5.74, 6) is -2.86. The van der Waals surface area contributed by atoms with Crippen LogP contribution in [-0.4, -0.2) is 50.0 Å². The highest BCUT2D eigenvalue weighted by molar-refractivity contribution is 7.92. The van der Waals surface area contributed by atoms with E-state index in [2.05, 4.69) is 5.32 Å². The zero-order valence-corrected chi connectivity index (χ0v) is 23.1. The average molecular weight is 558 g/mol. The van der Waals surface area contributed by atoms with E-state index in [1.165, 1.54) is 11.0 Å². The first-order chi connectivity index (χ1) is 17.4. The van der Waals surface area contributed by atoms with Crippen molar-refractivity contribution in [2.45, 2.75) is 65.1 Å². The molecule has 0 unspecified atom stereocenters. The number of sulfonamides is 1. The smallest absolute Gasteiger partial charge is 0.243 e. The monoisotopic (exact) mass is 557 g/mol. The van der Waals surface area contributed by atoms with E-state index in [-0.39, 0.29) is 49.5 Å². The third-order valence-corrected chi connectivity index (χ3v) is 7.44. The van der Waals surface area contributed by atoms with Crippen molar-refractivity contribution in [3.63, 3.8) is 0 Å². The van der Waals surface area contributed by atoms with Crippen LogP contribution in [0.3, 0.4) is 0 Å². The Morgan fingerprint density at radius 1 is 1.03 bits per heavy atom. The molecule has 2 rings (SSSR count). The molecule has 0 aliphatic carbocycles. The van der Waals surface area contributed by atoms with Crippen LogP contribution < -0.4 is 9.62 Å². The largest absolute Gasteiger partial charge is 0.352 e. The Labute approximate surface area is 222 Å². The lowest BCUT2D eigenvalue weighted by Crippen LogP contribution is -2.50. The Morgan fingerprint density at radius 2 is 1.68 bits per heavy atom. The first kappa shape index (κ1) is 30.5. The number of hydrogen-bond donors (Lipinski definition) is 1. The molecule has 11 heteroatoms. The predicted octanol–water partition coefficient (Wildman–Crippen LogP) is 4.89. The van der Waals surface area contributed by atoms with Crippen LogP contribution in [0.25, 0.3) is 0 Å². The number of rotatable bonds is 13. The van der Waals surface area contributed by atoms with E-state index in [0.29, 0.717) is 11.4 Å². The van der Waals surface area contributed by atoms with Crippen molar-refractivity contribution in [2.75, 3.05) is 17.1 Å². The Bertz CT molecular complexity index is 1180. The standard InChI is InChI=1S/C26H34ClF2N3O4S/c1-5-18(3)30-26(34)24(6-2)31(17-19-9-11-20(27)12-10-19)25(33)8-7-15-32(37(4,35)36)21-13-14-22(28)23(29)16-21/h9-14,16,18,24H,5-8,15,17H2,1-4H3,(H,30,34)/t18-,24+/m1/s1. The fourth-order valence-electron chi connectivity index (χ4n) is 3.79. The number of amides is 2. The van der Waals surface area contributed by atoms with Crippen LogP contribution in [0.15, 0.2) is 42.5 Å². The van der Waals surface area contributed by atoms with Crippen molar-refractivity contribution in [2.24, 2.45) is 0 Å². The van der Waals surface area contributed by atoms with E-state index in [4.69, 9.17) is 11.6 Å². The molecule has 0 fully saturated rings. The number of carbonyl (C=O) groups is 2. The van der Waals surface area contributed by atoms with E-state index < -0.39 is 27.7 Å². The number of carbonyl (C=O) groups excluding carboxylic acids is 2. The minimum absolute atomic E-state index is 0.0359. The van der Waals surface area contributed by atoms with Crippen LogP contribution in [0.1, 0.15) is 52.0 Å². The lowest BCUT2D eigenvalue weighted by Gasteiger charge is -2.32. The van der Waals surface area contributed by atoms with Crippen LogP contribution in [0, 0.1) is 11.6 Å². The van der Waals surface area contributed by atoms with Crippen molar-refractivity contribution in [1.82, 2.24) is 10.2 Å². The van der Waals surface area contributed by atoms with Crippen molar-refractivity contribution in [3.8, 4) is 0 Å². The molecule has 0 aromatic heterocycles. The zero-order chi connectivity index (χ0) is 27.8. The Kier molecular flexibility index (Phi) is 11.3. The van der Waals surface area contributed by atoms with Crippen LogP contribution in [0.5, 0.6) is 0 Å². The number of nitrogens with zero attached hydrogens (tertiary/aromatic N) is 2. The molecule has 0 radical (unpaired) electrons. The highest BCUT2D eigenvalue weighted by Crippen LogP contribution is 2.22. The maximum Gasteiger partial charge on any atom is 0.243 e. The molecule has 1 N–H and O–H groups in total. The lowest BCUT2D eigenvalue weighted by atomic mass is 10.1. The van der Waals surface area contributed by atoms with E-state index in [0.717, 1.165) is 34.7 Å². The molecule has 2 atom stereocenters. The SMILES string of the molecule is CC[C@@H](C)NC(=O)[C@H](CC)N(Cc1ccc(Cl)cc1)C(=O)CCCN(c1ccc(F)c(F)c1)S(C)(=O)=O. The molecule has 2 aromatic rings. The second-order valence-corrected chi connectivity index (χ2v) is 11.3. The minimum Gasteiger partial charge on any atom is -0.352 e. The number of halogens is 3. The molecular weight excluding hydrogens is 524 g/mol. The summed E-state index contributed by atoms with van der Waals surface area (Å²) < 4.78 is 52.7. The van der Waals surface area contributed by atoms with Gasteiger partial charge in [0.25, 0.3) is 0 Å². The first-order valence-corrected chi connectivity index (χ1v) is 14.4. The molecule has 0 heterocycles. The number of nitrogens with one attached hydrogen (secondary N) is 1. The molecule has 7 nitrogen and oxygen atoms in total. The summed E-state index contributed by atoms with van der Waals surface area (Å²) in [5, 5.41) is 3.47. The molecule has 2 amide bonds. The molecular formula is C26H34ClF2N3O4S. The maximum atomic E-state index is 13.7. The summed E-state index contributed by atoms with van der Waals surface area (Å²) in [6, 6.07) is 8.98. The molecule has 0 saturated heterocycles. The maximum absolute atomic E-state index is 13.7. The van der Waals surface area contributed by atoms with Gasteiger partial charge in [0.1, 0.15) is 6.04 Å². The Hall–Kier alpha value is -2.72. The van der Waals surface area contributed by atoms with Crippen LogP contribution in [-0.2, 0) is 26.2 Å². The van der Waals surface area contributed by atoms with Gasteiger partial charge >= 0.3 is 0 Å². The third kappa shape index (κ3) is 8.96. The van der Waals surface area contributed by atoms with E-state index in [1.54, 1.807) is 24.3 Å². The van der Waals surface area contributed by atoms with Crippen molar-refractivity contribution in [1.29, 1.82) is 0 Å². The summed E-state index contributed by atoms with van der Waals surface area (Å²) >= 11 is 5.99. The van der Waals surface area contributed by atoms with E-state index in [1.807, 2.05) is 20.8 Å². The highest BCUT2D eigenvalue weighted by atomic mass is 35.5. The zero-order valence-electron chi connectivity index (χ0n) is 21.5. The lowest BCUT2D eigenvalue weighted by molar-refractivity contribution is -0.141. The second-order valence-electron chi connectivity index (χ2n) is 8.93. The summed E-state index contributed by atoms with van der Waals surface area (Å²) in [6.07, 6.45) is 2.11. The predicted molar refractivity (Wildman–Crippen MR) is 142 cm³/mol. The molecule has 0 spiro atoms. The topological polar surface area (TPSA) is 86.8 Å². The molecule has 0 aliphatic heterocycles. The second kappa shape index (κ2) is 13.7. The van der Waals surface area contributed by atoms with Crippen molar-refractivity contribution in [3.05, 3.63) is 64.7 Å². The molecule has 37 heavy (non-hydrogen) atoms. The van der Waals surface area contributed by atoms with Gasteiger partial charge in [-0.3, -0.25) is 13.9 Å². The van der Waals surface area contributed by atoms with Gasteiger partial charge in [-0.25, -0.2) is 17.2 Å². The van der Waals surface area contributed by atoms with Crippen molar-refractivity contribution >= 4 is 39.1 Å². The first-order valence-electron chi connectivity index (χ1n) is 12.1. The van der Waals surface area contributed by atoms with Crippen LogP contribution >= 0.6 is 11.6 Å². The van der Waals surface area contributed by atoms with Gasteiger partial charge in [-0.15, -0.1) is 0 Å². The Balaban J connectivity index is 2.23. The normalized spacial score (nSPS) is 13.1. The molecule has 0 bridgehead atoms. The number of hydrogen-bond acceptors (Lipinski definition) is 4. The number of anilines is 1. The minimum atomic E-state index is -3.83. The summed E-state index contributed by atoms with van der Waals surface area (Å²) in [6.45, 7) is 5.69. The van der Waals surface area contributed by atoms with Gasteiger partial charge in [-0.2, -0.15) is 0 Å². The third-order valence-electron chi connectivity index (χ3n) is 6.00. The van der Waals surface area contributed by atoms with Crippen molar-refractivity contribution < 1.29 is 26.8 Å². The van der Waals surface area contributed by atoms with Crippen LogP contribution in [0.2, 0.25) is 5.02 Å². The van der Waals surface area contributed by atoms with Gasteiger partial charge in [0, 0.05) is 36.6 Å². The summed E-state index contributed by atoms with van der Waals surface area (Å²) in [5.41, 5.74) is 0.748. The highest BCUT2D eigenvalue weighted by Gasteiger charge is 2.29. The van der Waals surface area contributed by atoms with Gasteiger partial charge in [-0.05, 0) is 56.0 Å². The fourth-order valence-corrected chi connectivity index (χ4v) is 4.87. The van der Waals surface area contributed by atoms with Gasteiger partial charge < -0.3 is 10.2 Å². The fraction of sp³-hybridized carbons (Fsp3) is 0.462. The van der Waals surface area contributed by atoms with Gasteiger partial charge in [0.15, 0.2) is 11.6 Å². The van der Waals surface area contributed by atoms with E-state index in [9.17, 15) is 26.8 Å². The van der Waals surface area contributed by atoms with E-state index >= 15 is 0 Å². The van der Waals surface area contributed by atoms with Gasteiger partial charge in [0.2, 0.25) is 21.8 Å². The number of benzene rings is 2. The summed E-state index contributed by atoms with van der Waals surface area (Å²) in [4.78, 5) is 27.9. The van der Waals surface area contributed by atoms with Gasteiger partial charge in [-0.1, -0.05) is 37.6 Å².